The van der Waals surface area contributed by atoms with Gasteiger partial charge in [-0.05, 0) is 19.1 Å². The molecule has 0 bridgehead atoms. The fourth-order valence-corrected chi connectivity index (χ4v) is 2.39. The van der Waals surface area contributed by atoms with Crippen molar-refractivity contribution in [1.82, 2.24) is 14.8 Å². The van der Waals surface area contributed by atoms with E-state index in [1.165, 1.54) is 0 Å². The predicted octanol–water partition coefficient (Wildman–Crippen LogP) is 2.30. The van der Waals surface area contributed by atoms with E-state index >= 15 is 0 Å². The minimum Gasteiger partial charge on any atom is -0.461 e. The Hall–Kier alpha value is -1.27. The van der Waals surface area contributed by atoms with Crippen LogP contribution in [0.2, 0.25) is 0 Å². The molecule has 92 valence electrons. The maximum absolute atomic E-state index is 5.34. The molecule has 0 aromatic carbocycles. The summed E-state index contributed by atoms with van der Waals surface area (Å²) >= 11 is 1.64. The van der Waals surface area contributed by atoms with Crippen molar-refractivity contribution in [1.29, 1.82) is 0 Å². The lowest BCUT2D eigenvalue weighted by atomic mass is 10.4. The van der Waals surface area contributed by atoms with Gasteiger partial charge in [-0.2, -0.15) is 0 Å². The summed E-state index contributed by atoms with van der Waals surface area (Å²) in [5.74, 6) is 2.39. The smallest absolute Gasteiger partial charge is 0.200 e. The number of furan rings is 1. The highest BCUT2D eigenvalue weighted by molar-refractivity contribution is 7.99. The van der Waals surface area contributed by atoms with E-state index in [1.807, 2.05) is 16.7 Å². The van der Waals surface area contributed by atoms with Crippen LogP contribution in [0.3, 0.4) is 0 Å². The number of hydrogen-bond acceptors (Lipinski definition) is 5. The van der Waals surface area contributed by atoms with Gasteiger partial charge in [0.15, 0.2) is 16.7 Å². The van der Waals surface area contributed by atoms with Crippen LogP contribution in [0.15, 0.2) is 28.0 Å². The van der Waals surface area contributed by atoms with Gasteiger partial charge >= 0.3 is 0 Å². The summed E-state index contributed by atoms with van der Waals surface area (Å²) < 4.78 is 12.4. The molecule has 2 heterocycles. The van der Waals surface area contributed by atoms with Crippen molar-refractivity contribution < 1.29 is 9.15 Å². The Bertz CT molecular complexity index is 453. The molecule has 0 aliphatic heterocycles. The molecule has 0 N–H and O–H groups in total. The van der Waals surface area contributed by atoms with Gasteiger partial charge in [-0.1, -0.05) is 11.8 Å². The highest BCUT2D eigenvalue weighted by Gasteiger charge is 2.14. The predicted molar refractivity (Wildman–Crippen MR) is 66.0 cm³/mol. The van der Waals surface area contributed by atoms with Crippen LogP contribution in [-0.2, 0) is 11.3 Å². The highest BCUT2D eigenvalue weighted by Crippen LogP contribution is 2.23. The van der Waals surface area contributed by atoms with Crippen LogP contribution in [-0.4, -0.2) is 34.2 Å². The molecule has 0 aliphatic rings. The lowest BCUT2D eigenvalue weighted by molar-refractivity contribution is 0.218. The zero-order valence-corrected chi connectivity index (χ0v) is 10.7. The molecule has 0 amide bonds. The summed E-state index contributed by atoms with van der Waals surface area (Å²) in [6.45, 7) is 3.59. The van der Waals surface area contributed by atoms with Crippen molar-refractivity contribution in [3.05, 3.63) is 18.4 Å². The van der Waals surface area contributed by atoms with Crippen molar-refractivity contribution in [2.24, 2.45) is 0 Å². The number of nitrogens with zero attached hydrogens (tertiary/aromatic N) is 3. The average Bonchev–Trinajstić information content (AvgIpc) is 2.97. The molecular weight excluding hydrogens is 238 g/mol. The molecule has 0 saturated carbocycles. The lowest BCUT2D eigenvalue weighted by Gasteiger charge is -2.05. The molecule has 5 nitrogen and oxygen atoms in total. The first-order chi connectivity index (χ1) is 8.36. The number of rotatable bonds is 6. The zero-order valence-electron chi connectivity index (χ0n) is 9.92. The van der Waals surface area contributed by atoms with Gasteiger partial charge in [0.05, 0.1) is 12.9 Å². The quantitative estimate of drug-likeness (QED) is 0.584. The van der Waals surface area contributed by atoms with Gasteiger partial charge in [-0.25, -0.2) is 0 Å². The van der Waals surface area contributed by atoms with E-state index in [0.717, 1.165) is 29.0 Å². The number of thioether (sulfide) groups is 1. The van der Waals surface area contributed by atoms with Gasteiger partial charge in [0, 0.05) is 19.4 Å². The van der Waals surface area contributed by atoms with Crippen molar-refractivity contribution in [3.8, 4) is 11.6 Å². The minimum absolute atomic E-state index is 0.706. The van der Waals surface area contributed by atoms with Crippen LogP contribution >= 0.6 is 11.8 Å². The third-order valence-corrected chi connectivity index (χ3v) is 3.22. The van der Waals surface area contributed by atoms with Crippen LogP contribution in [0.1, 0.15) is 6.92 Å². The Morgan fingerprint density at radius 1 is 1.47 bits per heavy atom. The van der Waals surface area contributed by atoms with E-state index in [4.69, 9.17) is 9.15 Å². The van der Waals surface area contributed by atoms with Gasteiger partial charge < -0.3 is 9.15 Å². The maximum Gasteiger partial charge on any atom is 0.200 e. The molecule has 2 aromatic heterocycles. The molecule has 0 spiro atoms. The van der Waals surface area contributed by atoms with Crippen molar-refractivity contribution in [2.45, 2.75) is 18.6 Å². The Morgan fingerprint density at radius 3 is 3.00 bits per heavy atom. The summed E-state index contributed by atoms with van der Waals surface area (Å²) in [6, 6.07) is 3.74. The second kappa shape index (κ2) is 5.88. The van der Waals surface area contributed by atoms with Crippen LogP contribution in [0.4, 0.5) is 0 Å². The third kappa shape index (κ3) is 2.70. The average molecular weight is 253 g/mol. The van der Waals surface area contributed by atoms with Gasteiger partial charge in [-0.3, -0.25) is 4.57 Å². The van der Waals surface area contributed by atoms with Crippen molar-refractivity contribution in [2.75, 3.05) is 19.5 Å². The molecule has 0 aliphatic carbocycles. The topological polar surface area (TPSA) is 53.1 Å². The first-order valence-corrected chi connectivity index (χ1v) is 6.44. The summed E-state index contributed by atoms with van der Waals surface area (Å²) in [7, 11) is 1.69. The minimum atomic E-state index is 0.706. The molecule has 0 unspecified atom stereocenters. The summed E-state index contributed by atoms with van der Waals surface area (Å²) in [5, 5.41) is 9.24. The van der Waals surface area contributed by atoms with Crippen LogP contribution in [0.5, 0.6) is 0 Å². The first-order valence-electron chi connectivity index (χ1n) is 5.45. The normalized spacial score (nSPS) is 10.9. The number of methoxy groups -OCH3 is 1. The summed E-state index contributed by atoms with van der Waals surface area (Å²) in [5.41, 5.74) is 0. The molecule has 6 heteroatoms. The van der Waals surface area contributed by atoms with Crippen molar-refractivity contribution in [3.63, 3.8) is 0 Å². The Balaban J connectivity index is 2.18. The molecule has 0 saturated heterocycles. The Morgan fingerprint density at radius 2 is 2.35 bits per heavy atom. The largest absolute Gasteiger partial charge is 0.461 e. The first kappa shape index (κ1) is 12.2. The Labute approximate surface area is 104 Å². The zero-order chi connectivity index (χ0) is 12.1. The highest BCUT2D eigenvalue weighted by atomic mass is 32.2. The van der Waals surface area contributed by atoms with E-state index in [9.17, 15) is 0 Å². The fourth-order valence-electron chi connectivity index (χ4n) is 1.48. The van der Waals surface area contributed by atoms with Gasteiger partial charge in [0.1, 0.15) is 0 Å². The SMILES string of the molecule is CCn1c(SCCOC)nnc1-c1ccco1. The fraction of sp³-hybridized carbons (Fsp3) is 0.455. The molecule has 0 atom stereocenters. The van der Waals surface area contributed by atoms with Crippen LogP contribution < -0.4 is 0 Å². The number of ether oxygens (including phenoxy) is 1. The Kier molecular flexibility index (Phi) is 4.22. The standard InChI is InChI=1S/C11H15N3O2S/c1-3-14-10(9-5-4-6-16-9)12-13-11(14)17-8-7-15-2/h4-6H,3,7-8H2,1-2H3. The van der Waals surface area contributed by atoms with Gasteiger partial charge in [0.2, 0.25) is 0 Å². The molecule has 17 heavy (non-hydrogen) atoms. The van der Waals surface area contributed by atoms with E-state index in [2.05, 4.69) is 17.1 Å². The molecule has 0 fully saturated rings. The van der Waals surface area contributed by atoms with Gasteiger partial charge in [-0.15, -0.1) is 10.2 Å². The second-order valence-electron chi connectivity index (χ2n) is 3.37. The van der Waals surface area contributed by atoms with Crippen molar-refractivity contribution >= 4 is 11.8 Å². The van der Waals surface area contributed by atoms with E-state index in [1.54, 1.807) is 25.1 Å². The van der Waals surface area contributed by atoms with Gasteiger partial charge in [0.25, 0.3) is 0 Å². The lowest BCUT2D eigenvalue weighted by Crippen LogP contribution is -2.00. The van der Waals surface area contributed by atoms with E-state index in [-0.39, 0.29) is 0 Å². The third-order valence-electron chi connectivity index (χ3n) is 2.29. The molecule has 2 rings (SSSR count). The number of aromatic nitrogens is 3. The van der Waals surface area contributed by atoms with Crippen LogP contribution in [0.25, 0.3) is 11.6 Å². The monoisotopic (exact) mass is 253 g/mol. The summed E-state index contributed by atoms with van der Waals surface area (Å²) in [6.07, 6.45) is 1.64. The number of hydrogen-bond donors (Lipinski definition) is 0. The maximum atomic E-state index is 5.34. The molecule has 0 radical (unpaired) electrons. The second-order valence-corrected chi connectivity index (χ2v) is 4.43. The van der Waals surface area contributed by atoms with E-state index < -0.39 is 0 Å². The molecule has 2 aromatic rings. The van der Waals surface area contributed by atoms with E-state index in [0.29, 0.717) is 6.61 Å². The van der Waals surface area contributed by atoms with Crippen LogP contribution in [0, 0.1) is 0 Å². The molecular formula is C11H15N3O2S. The summed E-state index contributed by atoms with van der Waals surface area (Å²) in [4.78, 5) is 0.